The minimum Gasteiger partial charge on any atom is -0.480 e. The van der Waals surface area contributed by atoms with Gasteiger partial charge in [0.1, 0.15) is 0 Å². The van der Waals surface area contributed by atoms with Crippen LogP contribution in [0.25, 0.3) is 0 Å². The quantitative estimate of drug-likeness (QED) is 0.686. The smallest absolute Gasteiger partial charge is 0.320 e. The second kappa shape index (κ2) is 9.36. The van der Waals surface area contributed by atoms with Crippen LogP contribution in [0.4, 0.5) is 4.79 Å². The van der Waals surface area contributed by atoms with Gasteiger partial charge in [0.25, 0.3) is 0 Å². The molecule has 0 unspecified atom stereocenters. The summed E-state index contributed by atoms with van der Waals surface area (Å²) in [4.78, 5) is 28.6. The van der Waals surface area contributed by atoms with Crippen LogP contribution in [0.2, 0.25) is 0 Å². The minimum atomic E-state index is -0.830. The number of aliphatic carboxylic acids is 1. The maximum Gasteiger partial charge on any atom is 0.320 e. The Balaban J connectivity index is 2.55. The van der Waals surface area contributed by atoms with E-state index in [-0.39, 0.29) is 12.6 Å². The topological polar surface area (TPSA) is 73.3 Å². The van der Waals surface area contributed by atoms with Crippen molar-refractivity contribution < 1.29 is 19.4 Å². The van der Waals surface area contributed by atoms with Crippen molar-refractivity contribution >= 4 is 12.0 Å². The highest BCUT2D eigenvalue weighted by atomic mass is 16.5. The summed E-state index contributed by atoms with van der Waals surface area (Å²) in [6.45, 7) is 7.68. The Kier molecular flexibility index (Phi) is 7.78. The van der Waals surface area contributed by atoms with E-state index in [1.54, 1.807) is 23.0 Å². The zero-order valence-corrected chi connectivity index (χ0v) is 12.7. The van der Waals surface area contributed by atoms with Gasteiger partial charge in [0.15, 0.2) is 0 Å². The Morgan fingerprint density at radius 1 is 1.33 bits per heavy atom. The van der Waals surface area contributed by atoms with Crippen molar-refractivity contribution in [3.63, 3.8) is 0 Å². The van der Waals surface area contributed by atoms with E-state index in [0.717, 1.165) is 6.42 Å². The normalized spacial score (nSPS) is 16.3. The van der Waals surface area contributed by atoms with Crippen LogP contribution in [0.15, 0.2) is 12.7 Å². The summed E-state index contributed by atoms with van der Waals surface area (Å²) in [7, 11) is 1.60. The highest BCUT2D eigenvalue weighted by Gasteiger charge is 2.23. The van der Waals surface area contributed by atoms with Crippen LogP contribution in [0.3, 0.4) is 0 Å². The molecule has 1 rings (SSSR count). The number of carboxylic acid groups (broad SMARTS) is 1. The number of urea groups is 1. The van der Waals surface area contributed by atoms with Crippen molar-refractivity contribution in [2.24, 2.45) is 0 Å². The summed E-state index contributed by atoms with van der Waals surface area (Å²) in [5.41, 5.74) is 0. The summed E-state index contributed by atoms with van der Waals surface area (Å²) < 4.78 is 5.02. The molecule has 21 heavy (non-hydrogen) atoms. The standard InChI is InChI=1S/C14H25N3O4/c1-3-5-16(10-11-21-2)14(20)17-7-4-6-15(8-9-17)12-13(18)19/h3H,1,4-12H2,2H3,(H,18,19). The third-order valence-electron chi connectivity index (χ3n) is 3.40. The van der Waals surface area contributed by atoms with Gasteiger partial charge < -0.3 is 19.6 Å². The molecule has 1 saturated heterocycles. The van der Waals surface area contributed by atoms with E-state index in [1.807, 2.05) is 4.90 Å². The number of rotatable bonds is 7. The lowest BCUT2D eigenvalue weighted by molar-refractivity contribution is -0.138. The average molecular weight is 299 g/mol. The summed E-state index contributed by atoms with van der Waals surface area (Å²) >= 11 is 0. The van der Waals surface area contributed by atoms with Gasteiger partial charge in [-0.15, -0.1) is 6.58 Å². The molecule has 7 heteroatoms. The van der Waals surface area contributed by atoms with Gasteiger partial charge in [0.2, 0.25) is 0 Å². The van der Waals surface area contributed by atoms with E-state index >= 15 is 0 Å². The molecule has 7 nitrogen and oxygen atoms in total. The van der Waals surface area contributed by atoms with Crippen LogP contribution in [-0.2, 0) is 9.53 Å². The molecule has 2 amide bonds. The molecule has 0 aliphatic carbocycles. The molecule has 0 atom stereocenters. The molecule has 1 heterocycles. The molecule has 1 fully saturated rings. The number of ether oxygens (including phenoxy) is 1. The molecular weight excluding hydrogens is 274 g/mol. The molecule has 0 spiro atoms. The van der Waals surface area contributed by atoms with Gasteiger partial charge in [-0.25, -0.2) is 4.79 Å². The van der Waals surface area contributed by atoms with E-state index in [2.05, 4.69) is 6.58 Å². The Morgan fingerprint density at radius 3 is 2.71 bits per heavy atom. The summed E-state index contributed by atoms with van der Waals surface area (Å²) in [5, 5.41) is 8.83. The van der Waals surface area contributed by atoms with E-state index in [4.69, 9.17) is 9.84 Å². The van der Waals surface area contributed by atoms with Crippen LogP contribution >= 0.6 is 0 Å². The van der Waals surface area contributed by atoms with Crippen molar-refractivity contribution in [2.45, 2.75) is 6.42 Å². The fourth-order valence-corrected chi connectivity index (χ4v) is 2.33. The zero-order valence-electron chi connectivity index (χ0n) is 12.7. The number of hydrogen-bond donors (Lipinski definition) is 1. The van der Waals surface area contributed by atoms with Gasteiger partial charge in [0, 0.05) is 46.4 Å². The minimum absolute atomic E-state index is 0.0298. The maximum absolute atomic E-state index is 12.5. The van der Waals surface area contributed by atoms with E-state index < -0.39 is 5.97 Å². The lowest BCUT2D eigenvalue weighted by Gasteiger charge is -2.29. The fraction of sp³-hybridized carbons (Fsp3) is 0.714. The number of hydrogen-bond acceptors (Lipinski definition) is 4. The highest BCUT2D eigenvalue weighted by molar-refractivity contribution is 5.74. The maximum atomic E-state index is 12.5. The number of nitrogens with zero attached hydrogens (tertiary/aromatic N) is 3. The predicted octanol–water partition coefficient (Wildman–Crippen LogP) is 0.333. The van der Waals surface area contributed by atoms with Gasteiger partial charge in [-0.3, -0.25) is 9.69 Å². The first-order valence-electron chi connectivity index (χ1n) is 7.16. The molecule has 0 bridgehead atoms. The Hall–Kier alpha value is -1.60. The summed E-state index contributed by atoms with van der Waals surface area (Å²) in [6.07, 6.45) is 2.48. The molecule has 0 aromatic carbocycles. The number of amides is 2. The van der Waals surface area contributed by atoms with E-state index in [0.29, 0.717) is 45.9 Å². The monoisotopic (exact) mass is 299 g/mol. The van der Waals surface area contributed by atoms with Crippen molar-refractivity contribution in [1.29, 1.82) is 0 Å². The van der Waals surface area contributed by atoms with Crippen molar-refractivity contribution in [2.75, 3.05) is 59.5 Å². The van der Waals surface area contributed by atoms with Gasteiger partial charge in [-0.05, 0) is 6.42 Å². The van der Waals surface area contributed by atoms with Crippen LogP contribution in [0.1, 0.15) is 6.42 Å². The Labute approximate surface area is 125 Å². The molecule has 0 aromatic heterocycles. The molecule has 120 valence electrons. The zero-order chi connectivity index (χ0) is 15.7. The third-order valence-corrected chi connectivity index (χ3v) is 3.40. The molecular formula is C14H25N3O4. The highest BCUT2D eigenvalue weighted by Crippen LogP contribution is 2.07. The SMILES string of the molecule is C=CCN(CCOC)C(=O)N1CCCN(CC(=O)O)CC1. The molecule has 0 saturated carbocycles. The third kappa shape index (κ3) is 6.14. The molecule has 1 aliphatic rings. The van der Waals surface area contributed by atoms with Gasteiger partial charge in [-0.2, -0.15) is 0 Å². The lowest BCUT2D eigenvalue weighted by atomic mass is 10.4. The van der Waals surface area contributed by atoms with Crippen molar-refractivity contribution in [1.82, 2.24) is 14.7 Å². The number of carbonyl (C=O) groups excluding carboxylic acids is 1. The van der Waals surface area contributed by atoms with Crippen LogP contribution in [0, 0.1) is 0 Å². The Bertz CT molecular complexity index is 362. The average Bonchev–Trinajstić information content (AvgIpc) is 2.67. The van der Waals surface area contributed by atoms with Crippen LogP contribution < -0.4 is 0 Å². The van der Waals surface area contributed by atoms with Crippen LogP contribution in [-0.4, -0.2) is 91.3 Å². The first kappa shape index (κ1) is 17.5. The fourth-order valence-electron chi connectivity index (χ4n) is 2.33. The molecule has 1 aliphatic heterocycles. The van der Waals surface area contributed by atoms with Gasteiger partial charge in [-0.1, -0.05) is 6.08 Å². The summed E-state index contributed by atoms with van der Waals surface area (Å²) in [5.74, 6) is -0.830. The largest absolute Gasteiger partial charge is 0.480 e. The second-order valence-electron chi connectivity index (χ2n) is 5.02. The van der Waals surface area contributed by atoms with Crippen molar-refractivity contribution in [3.05, 3.63) is 12.7 Å². The molecule has 0 radical (unpaired) electrons. The number of carbonyl (C=O) groups is 2. The van der Waals surface area contributed by atoms with E-state index in [9.17, 15) is 9.59 Å². The second-order valence-corrected chi connectivity index (χ2v) is 5.02. The van der Waals surface area contributed by atoms with Gasteiger partial charge >= 0.3 is 12.0 Å². The number of methoxy groups -OCH3 is 1. The first-order valence-corrected chi connectivity index (χ1v) is 7.16. The van der Waals surface area contributed by atoms with Gasteiger partial charge in [0.05, 0.1) is 13.2 Å². The lowest BCUT2D eigenvalue weighted by Crippen LogP contribution is -2.46. The molecule has 1 N–H and O–H groups in total. The predicted molar refractivity (Wildman–Crippen MR) is 79.3 cm³/mol. The van der Waals surface area contributed by atoms with Crippen molar-refractivity contribution in [3.8, 4) is 0 Å². The van der Waals surface area contributed by atoms with E-state index in [1.165, 1.54) is 0 Å². The molecule has 0 aromatic rings. The van der Waals surface area contributed by atoms with Crippen LogP contribution in [0.5, 0.6) is 0 Å². The Morgan fingerprint density at radius 2 is 2.10 bits per heavy atom. The first-order chi connectivity index (χ1) is 10.1. The number of carboxylic acids is 1. The summed E-state index contributed by atoms with van der Waals surface area (Å²) in [6, 6.07) is -0.0378.